The van der Waals surface area contributed by atoms with Gasteiger partial charge in [-0.1, -0.05) is 6.08 Å². The van der Waals surface area contributed by atoms with Crippen molar-refractivity contribution >= 4 is 11.8 Å². The van der Waals surface area contributed by atoms with E-state index >= 15 is 0 Å². The van der Waals surface area contributed by atoms with Crippen LogP contribution in [-0.4, -0.2) is 34.4 Å². The van der Waals surface area contributed by atoms with Gasteiger partial charge in [0.05, 0.1) is 0 Å². The number of hydrogen-bond acceptors (Lipinski definition) is 4. The molecule has 3 atom stereocenters. The summed E-state index contributed by atoms with van der Waals surface area (Å²) in [6, 6.07) is 0. The van der Waals surface area contributed by atoms with Crippen molar-refractivity contribution in [2.45, 2.75) is 58.0 Å². The number of amides is 2. The van der Waals surface area contributed by atoms with E-state index in [2.05, 4.69) is 17.2 Å². The van der Waals surface area contributed by atoms with Gasteiger partial charge in [0.2, 0.25) is 18.4 Å². The fraction of sp³-hybridized carbons (Fsp3) is 0.750. The van der Waals surface area contributed by atoms with Gasteiger partial charge in [-0.15, -0.1) is 6.58 Å². The molecule has 2 N–H and O–H groups in total. The van der Waals surface area contributed by atoms with E-state index in [1.807, 2.05) is 20.8 Å². The van der Waals surface area contributed by atoms with E-state index in [0.717, 1.165) is 0 Å². The Morgan fingerprint density at radius 3 is 2.48 bits per heavy atom. The topological polar surface area (TPSA) is 101 Å². The zero-order chi connectivity index (χ0) is 17.8. The molecule has 7 nitrogen and oxygen atoms in total. The van der Waals surface area contributed by atoms with Gasteiger partial charge in [-0.05, 0) is 46.0 Å². The average Bonchev–Trinajstić information content (AvgIpc) is 2.64. The van der Waals surface area contributed by atoms with Crippen molar-refractivity contribution in [2.75, 3.05) is 6.54 Å². The SMILES string of the molecule is C=CC[C@H]1CC(C[N+](=O)[O-])C[C@@]1(NC(C)=O)C(=O)NC(C)(C)C. The maximum absolute atomic E-state index is 12.9. The fourth-order valence-electron chi connectivity index (χ4n) is 3.41. The zero-order valence-corrected chi connectivity index (χ0v) is 14.3. The smallest absolute Gasteiger partial charge is 0.246 e. The van der Waals surface area contributed by atoms with Gasteiger partial charge in [-0.25, -0.2) is 0 Å². The lowest BCUT2D eigenvalue weighted by Gasteiger charge is -2.37. The molecule has 7 heteroatoms. The van der Waals surface area contributed by atoms with E-state index in [9.17, 15) is 19.7 Å². The number of nitro groups is 1. The quantitative estimate of drug-likeness (QED) is 0.440. The van der Waals surface area contributed by atoms with Gasteiger partial charge >= 0.3 is 0 Å². The van der Waals surface area contributed by atoms with Crippen LogP contribution in [0.3, 0.4) is 0 Å². The van der Waals surface area contributed by atoms with Crippen molar-refractivity contribution in [3.63, 3.8) is 0 Å². The monoisotopic (exact) mass is 325 g/mol. The standard InChI is InChI=1S/C16H27N3O4/c1-6-7-13-8-12(10-19(22)23)9-16(13,17-11(2)20)14(21)18-15(3,4)5/h6,12-13H,1,7-10H2,2-5H3,(H,17,20)(H,18,21)/t12?,13-,16-/m0/s1. The molecule has 1 saturated carbocycles. The number of nitrogens with zero attached hydrogens (tertiary/aromatic N) is 1. The van der Waals surface area contributed by atoms with Gasteiger partial charge in [0.15, 0.2) is 0 Å². The Hall–Kier alpha value is -1.92. The highest BCUT2D eigenvalue weighted by atomic mass is 16.6. The molecular formula is C16H27N3O4. The van der Waals surface area contributed by atoms with Crippen LogP contribution in [-0.2, 0) is 9.59 Å². The molecule has 0 bridgehead atoms. The third-order valence-corrected chi connectivity index (χ3v) is 4.08. The van der Waals surface area contributed by atoms with Crippen molar-refractivity contribution < 1.29 is 14.5 Å². The van der Waals surface area contributed by atoms with E-state index in [1.54, 1.807) is 6.08 Å². The first-order valence-corrected chi connectivity index (χ1v) is 7.84. The van der Waals surface area contributed by atoms with Crippen LogP contribution in [0.25, 0.3) is 0 Å². The summed E-state index contributed by atoms with van der Waals surface area (Å²) >= 11 is 0. The largest absolute Gasteiger partial charge is 0.349 e. The zero-order valence-electron chi connectivity index (χ0n) is 14.3. The number of carbonyl (C=O) groups is 2. The minimum Gasteiger partial charge on any atom is -0.349 e. The van der Waals surface area contributed by atoms with Crippen LogP contribution in [0.15, 0.2) is 12.7 Å². The van der Waals surface area contributed by atoms with Crippen LogP contribution in [0.4, 0.5) is 0 Å². The maximum atomic E-state index is 12.9. The summed E-state index contributed by atoms with van der Waals surface area (Å²) in [7, 11) is 0. The number of nitrogens with one attached hydrogen (secondary N) is 2. The summed E-state index contributed by atoms with van der Waals surface area (Å²) in [6.07, 6.45) is 3.00. The molecule has 0 heterocycles. The van der Waals surface area contributed by atoms with Crippen LogP contribution in [0.1, 0.15) is 47.0 Å². The van der Waals surface area contributed by atoms with Crippen LogP contribution in [0, 0.1) is 22.0 Å². The molecule has 0 aliphatic heterocycles. The molecule has 1 fully saturated rings. The first-order chi connectivity index (χ1) is 10.5. The molecule has 0 radical (unpaired) electrons. The van der Waals surface area contributed by atoms with Crippen LogP contribution < -0.4 is 10.6 Å². The first-order valence-electron chi connectivity index (χ1n) is 7.84. The molecule has 1 unspecified atom stereocenters. The van der Waals surface area contributed by atoms with Gasteiger partial charge in [-0.3, -0.25) is 19.7 Å². The molecule has 2 amide bonds. The van der Waals surface area contributed by atoms with E-state index in [1.165, 1.54) is 6.92 Å². The van der Waals surface area contributed by atoms with Gasteiger partial charge in [-0.2, -0.15) is 0 Å². The lowest BCUT2D eigenvalue weighted by molar-refractivity contribution is -0.488. The van der Waals surface area contributed by atoms with Crippen molar-refractivity contribution in [2.24, 2.45) is 11.8 Å². The Morgan fingerprint density at radius 2 is 2.04 bits per heavy atom. The van der Waals surface area contributed by atoms with E-state index in [-0.39, 0.29) is 41.5 Å². The van der Waals surface area contributed by atoms with Crippen molar-refractivity contribution in [1.29, 1.82) is 0 Å². The molecule has 23 heavy (non-hydrogen) atoms. The Morgan fingerprint density at radius 1 is 1.43 bits per heavy atom. The van der Waals surface area contributed by atoms with Gasteiger partial charge in [0.25, 0.3) is 0 Å². The van der Waals surface area contributed by atoms with E-state index in [0.29, 0.717) is 12.8 Å². The normalized spacial score (nSPS) is 27.3. The molecular weight excluding hydrogens is 298 g/mol. The third-order valence-electron chi connectivity index (χ3n) is 4.08. The summed E-state index contributed by atoms with van der Waals surface area (Å²) in [6.45, 7) is 10.5. The molecule has 0 saturated heterocycles. The van der Waals surface area contributed by atoms with Crippen LogP contribution in [0.5, 0.6) is 0 Å². The Balaban J connectivity index is 3.17. The van der Waals surface area contributed by atoms with Crippen molar-refractivity contribution in [3.05, 3.63) is 22.8 Å². The van der Waals surface area contributed by atoms with Crippen molar-refractivity contribution in [1.82, 2.24) is 10.6 Å². The second-order valence-electron chi connectivity index (χ2n) is 7.40. The Labute approximate surface area is 137 Å². The molecule has 0 aromatic rings. The molecule has 0 spiro atoms. The lowest BCUT2D eigenvalue weighted by Crippen LogP contribution is -2.63. The molecule has 0 aromatic carbocycles. The molecule has 1 aliphatic carbocycles. The molecule has 1 rings (SSSR count). The Bertz CT molecular complexity index is 498. The lowest BCUT2D eigenvalue weighted by atomic mass is 9.82. The first kappa shape index (κ1) is 19.1. The summed E-state index contributed by atoms with van der Waals surface area (Å²) in [4.78, 5) is 35.1. The second-order valence-corrected chi connectivity index (χ2v) is 7.40. The number of hydrogen-bond donors (Lipinski definition) is 2. The van der Waals surface area contributed by atoms with Gasteiger partial charge < -0.3 is 10.6 Å². The summed E-state index contributed by atoms with van der Waals surface area (Å²) in [5.74, 6) is -1.04. The predicted octanol–water partition coefficient (Wildman–Crippen LogP) is 1.65. The molecule has 130 valence electrons. The minimum atomic E-state index is -1.12. The highest BCUT2D eigenvalue weighted by Crippen LogP contribution is 2.42. The minimum absolute atomic E-state index is 0.197. The summed E-state index contributed by atoms with van der Waals surface area (Å²) in [5.41, 5.74) is -1.57. The fourth-order valence-corrected chi connectivity index (χ4v) is 3.41. The highest BCUT2D eigenvalue weighted by molar-refractivity contribution is 5.92. The second kappa shape index (κ2) is 7.10. The van der Waals surface area contributed by atoms with Gasteiger partial charge in [0, 0.05) is 23.3 Å². The predicted molar refractivity (Wildman–Crippen MR) is 87.3 cm³/mol. The van der Waals surface area contributed by atoms with Crippen LogP contribution in [0.2, 0.25) is 0 Å². The molecule has 1 aliphatic rings. The highest BCUT2D eigenvalue weighted by Gasteiger charge is 2.54. The maximum Gasteiger partial charge on any atom is 0.246 e. The summed E-state index contributed by atoms with van der Waals surface area (Å²) in [5, 5.41) is 16.6. The van der Waals surface area contributed by atoms with E-state index in [4.69, 9.17) is 0 Å². The van der Waals surface area contributed by atoms with Crippen molar-refractivity contribution in [3.8, 4) is 0 Å². The van der Waals surface area contributed by atoms with Gasteiger partial charge in [0.1, 0.15) is 5.54 Å². The third kappa shape index (κ3) is 5.04. The molecule has 0 aromatic heterocycles. The van der Waals surface area contributed by atoms with Crippen LogP contribution >= 0.6 is 0 Å². The average molecular weight is 325 g/mol. The number of allylic oxidation sites excluding steroid dienone is 1. The Kier molecular flexibility index (Phi) is 5.91. The number of rotatable bonds is 6. The number of carbonyl (C=O) groups excluding carboxylic acids is 2. The summed E-state index contributed by atoms with van der Waals surface area (Å²) < 4.78 is 0. The van der Waals surface area contributed by atoms with E-state index < -0.39 is 11.1 Å².